The van der Waals surface area contributed by atoms with Gasteiger partial charge in [0.25, 0.3) is 0 Å². The van der Waals surface area contributed by atoms with Crippen molar-refractivity contribution in [3.63, 3.8) is 0 Å². The van der Waals surface area contributed by atoms with Gasteiger partial charge in [0.1, 0.15) is 0 Å². The van der Waals surface area contributed by atoms with Crippen LogP contribution < -0.4 is 0 Å². The molecule has 0 N–H and O–H groups in total. The number of halogens is 2. The maximum absolute atomic E-state index is 5.93. The maximum Gasteiger partial charge on any atom is 0.160 e. The van der Waals surface area contributed by atoms with Crippen molar-refractivity contribution in [2.75, 3.05) is 0 Å². The molecule has 2 heterocycles. The molecule has 0 spiro atoms. The summed E-state index contributed by atoms with van der Waals surface area (Å²) in [6.45, 7) is 0. The molecular weight excluding hydrogens is 239 g/mol. The van der Waals surface area contributed by atoms with E-state index in [2.05, 4.69) is 25.9 Å². The van der Waals surface area contributed by atoms with E-state index < -0.39 is 0 Å². The molecule has 0 unspecified atom stereocenters. The van der Waals surface area contributed by atoms with Crippen molar-refractivity contribution in [2.24, 2.45) is 0 Å². The lowest BCUT2D eigenvalue weighted by molar-refractivity contribution is 1.28. The van der Waals surface area contributed by atoms with E-state index in [0.29, 0.717) is 10.7 Å². The molecule has 2 aromatic heterocycles. The van der Waals surface area contributed by atoms with E-state index in [1.807, 2.05) is 6.07 Å². The van der Waals surface area contributed by atoms with E-state index in [9.17, 15) is 0 Å². The van der Waals surface area contributed by atoms with Crippen LogP contribution in [0.5, 0.6) is 0 Å². The Morgan fingerprint density at radius 3 is 3.00 bits per heavy atom. The van der Waals surface area contributed by atoms with Gasteiger partial charge in [-0.3, -0.25) is 0 Å². The average Bonchev–Trinajstić information content (AvgIpc) is 2.07. The van der Waals surface area contributed by atoms with E-state index in [-0.39, 0.29) is 0 Å². The number of nitrogens with zero attached hydrogens (tertiary/aromatic N) is 2. The lowest BCUT2D eigenvalue weighted by Gasteiger charge is -1.97. The number of hydrogen-bond acceptors (Lipinski definition) is 2. The zero-order valence-corrected chi connectivity index (χ0v) is 8.30. The van der Waals surface area contributed by atoms with E-state index >= 15 is 0 Å². The molecule has 4 heteroatoms. The Morgan fingerprint density at radius 2 is 2.17 bits per heavy atom. The second-order valence-corrected chi connectivity index (χ2v) is 3.64. The highest BCUT2D eigenvalue weighted by atomic mass is 79.9. The molecule has 2 rings (SSSR count). The fraction of sp³-hybridized carbons (Fsp3) is 0. The largest absolute Gasteiger partial charge is 0.237 e. The molecule has 0 aliphatic rings. The van der Waals surface area contributed by atoms with Gasteiger partial charge in [-0.05, 0) is 28.1 Å². The molecule has 12 heavy (non-hydrogen) atoms. The van der Waals surface area contributed by atoms with Gasteiger partial charge in [0.05, 0.1) is 5.02 Å². The van der Waals surface area contributed by atoms with Crippen LogP contribution >= 0.6 is 27.5 Å². The molecule has 0 fully saturated rings. The van der Waals surface area contributed by atoms with Crippen LogP contribution in [0.15, 0.2) is 29.0 Å². The first-order valence-corrected chi connectivity index (χ1v) is 4.50. The lowest BCUT2D eigenvalue weighted by atomic mass is 10.3. The quantitative estimate of drug-likeness (QED) is 0.711. The minimum Gasteiger partial charge on any atom is -0.237 e. The highest BCUT2D eigenvalue weighted by Gasteiger charge is 2.00. The van der Waals surface area contributed by atoms with Gasteiger partial charge in [0.2, 0.25) is 0 Å². The topological polar surface area (TPSA) is 25.8 Å². The summed E-state index contributed by atoms with van der Waals surface area (Å²) in [7, 11) is 0. The molecule has 60 valence electrons. The van der Waals surface area contributed by atoms with Crippen molar-refractivity contribution in [1.29, 1.82) is 0 Å². The van der Waals surface area contributed by atoms with Gasteiger partial charge < -0.3 is 0 Å². The molecule has 0 aliphatic carbocycles. The molecule has 0 amide bonds. The zero-order chi connectivity index (χ0) is 8.55. The number of rotatable bonds is 0. The van der Waals surface area contributed by atoms with Crippen LogP contribution in [0.3, 0.4) is 0 Å². The summed E-state index contributed by atoms with van der Waals surface area (Å²) in [5.41, 5.74) is 0.672. The van der Waals surface area contributed by atoms with Crippen LogP contribution in [0.1, 0.15) is 0 Å². The summed E-state index contributed by atoms with van der Waals surface area (Å²) in [5.74, 6) is 0. The van der Waals surface area contributed by atoms with Crippen LogP contribution in [0, 0.1) is 0 Å². The molecular formula is C8H4BrClN2. The summed E-state index contributed by atoms with van der Waals surface area (Å²) in [5, 5.41) is 1.54. The highest BCUT2D eigenvalue weighted by Crippen LogP contribution is 2.22. The van der Waals surface area contributed by atoms with Gasteiger partial charge in [0.15, 0.2) is 5.65 Å². The molecule has 2 nitrogen and oxygen atoms in total. The SMILES string of the molecule is Clc1ccnc2ncc(Br)cc12. The predicted molar refractivity (Wildman–Crippen MR) is 52.2 cm³/mol. The number of aromatic nitrogens is 2. The van der Waals surface area contributed by atoms with Crippen LogP contribution in [-0.4, -0.2) is 9.97 Å². The van der Waals surface area contributed by atoms with Gasteiger partial charge in [-0.2, -0.15) is 0 Å². The molecule has 0 atom stereocenters. The Kier molecular flexibility index (Phi) is 1.98. The van der Waals surface area contributed by atoms with E-state index in [4.69, 9.17) is 11.6 Å². The van der Waals surface area contributed by atoms with Crippen molar-refractivity contribution in [3.8, 4) is 0 Å². The van der Waals surface area contributed by atoms with Crippen molar-refractivity contribution < 1.29 is 0 Å². The van der Waals surface area contributed by atoms with Crippen LogP contribution in [0.4, 0.5) is 0 Å². The lowest BCUT2D eigenvalue weighted by Crippen LogP contribution is -1.83. The first-order valence-electron chi connectivity index (χ1n) is 3.33. The monoisotopic (exact) mass is 242 g/mol. The first-order chi connectivity index (χ1) is 5.77. The molecule has 0 bridgehead atoms. The molecule has 0 saturated carbocycles. The smallest absolute Gasteiger partial charge is 0.160 e. The minimum atomic E-state index is 0.672. The van der Waals surface area contributed by atoms with Gasteiger partial charge in [-0.15, -0.1) is 0 Å². The Bertz CT molecular complexity index is 430. The van der Waals surface area contributed by atoms with Gasteiger partial charge in [-0.1, -0.05) is 11.6 Å². The van der Waals surface area contributed by atoms with Crippen molar-refractivity contribution in [2.45, 2.75) is 0 Å². The van der Waals surface area contributed by atoms with Crippen molar-refractivity contribution in [1.82, 2.24) is 9.97 Å². The third-order valence-corrected chi connectivity index (χ3v) is 2.27. The van der Waals surface area contributed by atoms with Gasteiger partial charge in [0, 0.05) is 22.3 Å². The molecule has 2 aromatic rings. The maximum atomic E-state index is 5.93. The fourth-order valence-corrected chi connectivity index (χ4v) is 1.50. The third-order valence-electron chi connectivity index (χ3n) is 1.51. The number of pyridine rings is 2. The highest BCUT2D eigenvalue weighted by molar-refractivity contribution is 9.10. The summed E-state index contributed by atoms with van der Waals surface area (Å²) in [4.78, 5) is 8.17. The van der Waals surface area contributed by atoms with Gasteiger partial charge in [-0.25, -0.2) is 9.97 Å². The van der Waals surface area contributed by atoms with Crippen molar-refractivity contribution >= 4 is 38.6 Å². The summed E-state index contributed by atoms with van der Waals surface area (Å²) in [6.07, 6.45) is 3.34. The number of fused-ring (bicyclic) bond motifs is 1. The Balaban J connectivity index is 2.88. The van der Waals surface area contributed by atoms with E-state index in [1.165, 1.54) is 0 Å². The summed E-state index contributed by atoms with van der Waals surface area (Å²) >= 11 is 9.25. The summed E-state index contributed by atoms with van der Waals surface area (Å²) in [6, 6.07) is 3.65. The molecule has 0 aromatic carbocycles. The average molecular weight is 243 g/mol. The fourth-order valence-electron chi connectivity index (χ4n) is 0.974. The Labute approximate surface area is 82.7 Å². The van der Waals surface area contributed by atoms with Crippen LogP contribution in [0.2, 0.25) is 5.02 Å². The summed E-state index contributed by atoms with van der Waals surface area (Å²) < 4.78 is 0.907. The van der Waals surface area contributed by atoms with E-state index in [1.54, 1.807) is 18.5 Å². The zero-order valence-electron chi connectivity index (χ0n) is 5.96. The predicted octanol–water partition coefficient (Wildman–Crippen LogP) is 3.05. The Hall–Kier alpha value is -0.670. The first kappa shape index (κ1) is 7.95. The molecule has 0 saturated heterocycles. The molecule has 0 radical (unpaired) electrons. The number of hydrogen-bond donors (Lipinski definition) is 0. The van der Waals surface area contributed by atoms with Crippen molar-refractivity contribution in [3.05, 3.63) is 34.0 Å². The third kappa shape index (κ3) is 1.30. The second kappa shape index (κ2) is 2.99. The van der Waals surface area contributed by atoms with Crippen LogP contribution in [-0.2, 0) is 0 Å². The second-order valence-electron chi connectivity index (χ2n) is 2.32. The molecule has 0 aliphatic heterocycles. The standard InChI is InChI=1S/C8H4BrClN2/c9-5-3-6-7(10)1-2-11-8(6)12-4-5/h1-4H. The minimum absolute atomic E-state index is 0.672. The normalized spacial score (nSPS) is 10.5. The Morgan fingerprint density at radius 1 is 1.33 bits per heavy atom. The van der Waals surface area contributed by atoms with Gasteiger partial charge >= 0.3 is 0 Å². The van der Waals surface area contributed by atoms with E-state index in [0.717, 1.165) is 9.86 Å². The van der Waals surface area contributed by atoms with Crippen LogP contribution in [0.25, 0.3) is 11.0 Å².